The lowest BCUT2D eigenvalue weighted by Crippen LogP contribution is -2.12. The molecule has 23 heavy (non-hydrogen) atoms. The number of rotatable bonds is 7. The van der Waals surface area contributed by atoms with Crippen LogP contribution in [0.5, 0.6) is 0 Å². The quantitative estimate of drug-likeness (QED) is 0.640. The van der Waals surface area contributed by atoms with Gasteiger partial charge in [0.2, 0.25) is 0 Å². The fourth-order valence-corrected chi connectivity index (χ4v) is 3.30. The number of aliphatic hydroxyl groups is 1. The highest BCUT2D eigenvalue weighted by Gasteiger charge is 2.12. The molecule has 0 aliphatic rings. The molecule has 1 aromatic carbocycles. The Labute approximate surface area is 142 Å². The molecule has 0 aliphatic heterocycles. The third kappa shape index (κ3) is 3.79. The van der Waals surface area contributed by atoms with Gasteiger partial charge in [-0.2, -0.15) is 0 Å². The normalized spacial score (nSPS) is 11.0. The minimum absolute atomic E-state index is 0.0308. The third-order valence-electron chi connectivity index (χ3n) is 3.30. The molecule has 0 aliphatic carbocycles. The van der Waals surface area contributed by atoms with Crippen LogP contribution in [0.4, 0.5) is 5.82 Å². The van der Waals surface area contributed by atoms with Gasteiger partial charge < -0.3 is 15.2 Å². The number of aromatic nitrogens is 2. The van der Waals surface area contributed by atoms with Gasteiger partial charge in [0.25, 0.3) is 0 Å². The summed E-state index contributed by atoms with van der Waals surface area (Å²) in [5, 5.41) is 15.8. The van der Waals surface area contributed by atoms with Gasteiger partial charge in [0.15, 0.2) is 0 Å². The van der Waals surface area contributed by atoms with Crippen LogP contribution >= 0.6 is 22.9 Å². The van der Waals surface area contributed by atoms with Gasteiger partial charge in [0.1, 0.15) is 17.0 Å². The molecular formula is C16H16ClN3O2S. The van der Waals surface area contributed by atoms with Gasteiger partial charge in [-0.25, -0.2) is 9.97 Å². The standard InChI is InChI=1S/C16H16ClN3O2S/c17-12-3-1-11(2-4-12)13-9-23-16-14(13)15(19-10-20-16)18-5-7-22-8-6-21/h1-4,9-10,21H,5-8H2,(H,18,19,20). The number of thiophene rings is 1. The van der Waals surface area contributed by atoms with Crippen LogP contribution in [0.25, 0.3) is 21.3 Å². The summed E-state index contributed by atoms with van der Waals surface area (Å²) in [5.41, 5.74) is 2.16. The molecule has 2 aromatic heterocycles. The van der Waals surface area contributed by atoms with Crippen LogP contribution in [0, 0.1) is 0 Å². The first-order chi connectivity index (χ1) is 11.3. The van der Waals surface area contributed by atoms with Crippen molar-refractivity contribution in [2.75, 3.05) is 31.7 Å². The summed E-state index contributed by atoms with van der Waals surface area (Å²) in [6.45, 7) is 1.49. The fraction of sp³-hybridized carbons (Fsp3) is 0.250. The Morgan fingerprint density at radius 3 is 2.78 bits per heavy atom. The van der Waals surface area contributed by atoms with Crippen molar-refractivity contribution >= 4 is 39.0 Å². The molecule has 5 nitrogen and oxygen atoms in total. The number of ether oxygens (including phenoxy) is 1. The zero-order valence-electron chi connectivity index (χ0n) is 12.3. The van der Waals surface area contributed by atoms with Gasteiger partial charge in [-0.15, -0.1) is 11.3 Å². The highest BCUT2D eigenvalue weighted by molar-refractivity contribution is 7.17. The fourth-order valence-electron chi connectivity index (χ4n) is 2.26. The van der Waals surface area contributed by atoms with Crippen LogP contribution in [0.15, 0.2) is 36.0 Å². The van der Waals surface area contributed by atoms with Crippen LogP contribution in [-0.2, 0) is 4.74 Å². The molecule has 0 atom stereocenters. The number of anilines is 1. The molecule has 0 radical (unpaired) electrons. The summed E-state index contributed by atoms with van der Waals surface area (Å²) in [7, 11) is 0. The number of nitrogens with zero attached hydrogens (tertiary/aromatic N) is 2. The lowest BCUT2D eigenvalue weighted by molar-refractivity contribution is 0.0992. The molecule has 0 amide bonds. The summed E-state index contributed by atoms with van der Waals surface area (Å²) in [6, 6.07) is 7.73. The van der Waals surface area contributed by atoms with Crippen molar-refractivity contribution in [2.45, 2.75) is 0 Å². The van der Waals surface area contributed by atoms with Gasteiger partial charge in [0.05, 0.1) is 25.2 Å². The molecule has 3 rings (SSSR count). The van der Waals surface area contributed by atoms with Crippen LogP contribution in [-0.4, -0.2) is 41.4 Å². The molecule has 0 unspecified atom stereocenters. The molecule has 0 saturated heterocycles. The maximum Gasteiger partial charge on any atom is 0.138 e. The van der Waals surface area contributed by atoms with Gasteiger partial charge >= 0.3 is 0 Å². The van der Waals surface area contributed by atoms with Crippen LogP contribution in [0.3, 0.4) is 0 Å². The number of benzene rings is 1. The summed E-state index contributed by atoms with van der Waals surface area (Å²) < 4.78 is 5.26. The number of fused-ring (bicyclic) bond motifs is 1. The minimum atomic E-state index is 0.0308. The lowest BCUT2D eigenvalue weighted by Gasteiger charge is -2.08. The predicted molar refractivity (Wildman–Crippen MR) is 94.3 cm³/mol. The van der Waals surface area contributed by atoms with Crippen molar-refractivity contribution < 1.29 is 9.84 Å². The average Bonchev–Trinajstić information content (AvgIpc) is 3.00. The molecule has 0 saturated carbocycles. The van der Waals surface area contributed by atoms with Crippen LogP contribution in [0.2, 0.25) is 5.02 Å². The third-order valence-corrected chi connectivity index (χ3v) is 4.44. The molecule has 0 bridgehead atoms. The highest BCUT2D eigenvalue weighted by atomic mass is 35.5. The number of hydrogen-bond acceptors (Lipinski definition) is 6. The Balaban J connectivity index is 1.86. The van der Waals surface area contributed by atoms with Crippen molar-refractivity contribution in [3.05, 3.63) is 41.0 Å². The number of aliphatic hydroxyl groups excluding tert-OH is 1. The minimum Gasteiger partial charge on any atom is -0.394 e. The lowest BCUT2D eigenvalue weighted by atomic mass is 10.1. The van der Waals surface area contributed by atoms with E-state index in [0.29, 0.717) is 24.8 Å². The maximum atomic E-state index is 8.70. The second kappa shape index (κ2) is 7.70. The van der Waals surface area contributed by atoms with Crippen molar-refractivity contribution in [3.8, 4) is 11.1 Å². The van der Waals surface area contributed by atoms with E-state index in [0.717, 1.165) is 27.2 Å². The van der Waals surface area contributed by atoms with Crippen molar-refractivity contribution in [2.24, 2.45) is 0 Å². The second-order valence-electron chi connectivity index (χ2n) is 4.82. The Morgan fingerprint density at radius 1 is 1.17 bits per heavy atom. The Kier molecular flexibility index (Phi) is 5.40. The molecule has 120 valence electrons. The molecule has 0 spiro atoms. The summed E-state index contributed by atoms with van der Waals surface area (Å²) >= 11 is 7.55. The second-order valence-corrected chi connectivity index (χ2v) is 6.12. The van der Waals surface area contributed by atoms with E-state index in [1.54, 1.807) is 17.7 Å². The summed E-state index contributed by atoms with van der Waals surface area (Å²) in [5.74, 6) is 0.786. The van der Waals surface area contributed by atoms with Crippen molar-refractivity contribution in [1.29, 1.82) is 0 Å². The van der Waals surface area contributed by atoms with E-state index >= 15 is 0 Å². The zero-order chi connectivity index (χ0) is 16.1. The van der Waals surface area contributed by atoms with E-state index in [4.69, 9.17) is 21.4 Å². The van der Waals surface area contributed by atoms with Gasteiger partial charge in [-0.05, 0) is 17.7 Å². The Hall–Kier alpha value is -1.73. The van der Waals surface area contributed by atoms with Crippen LogP contribution < -0.4 is 5.32 Å². The monoisotopic (exact) mass is 349 g/mol. The first-order valence-electron chi connectivity index (χ1n) is 7.20. The van der Waals surface area contributed by atoms with E-state index in [9.17, 15) is 0 Å². The topological polar surface area (TPSA) is 67.3 Å². The van der Waals surface area contributed by atoms with Gasteiger partial charge in [-0.1, -0.05) is 23.7 Å². The van der Waals surface area contributed by atoms with Gasteiger partial charge in [-0.3, -0.25) is 0 Å². The van der Waals surface area contributed by atoms with E-state index in [1.165, 1.54) is 0 Å². The first kappa shape index (κ1) is 16.1. The van der Waals surface area contributed by atoms with E-state index < -0.39 is 0 Å². The maximum absolute atomic E-state index is 8.70. The van der Waals surface area contributed by atoms with Crippen molar-refractivity contribution in [3.63, 3.8) is 0 Å². The number of halogens is 1. The Morgan fingerprint density at radius 2 is 2.00 bits per heavy atom. The molecular weight excluding hydrogens is 334 g/mol. The molecule has 3 aromatic rings. The van der Waals surface area contributed by atoms with Crippen molar-refractivity contribution in [1.82, 2.24) is 9.97 Å². The largest absolute Gasteiger partial charge is 0.394 e. The predicted octanol–water partition coefficient (Wildman–Crippen LogP) is 3.43. The number of hydrogen-bond donors (Lipinski definition) is 2. The molecule has 2 heterocycles. The Bertz CT molecular complexity index is 777. The first-order valence-corrected chi connectivity index (χ1v) is 8.46. The van der Waals surface area contributed by atoms with E-state index in [2.05, 4.69) is 20.7 Å². The summed E-state index contributed by atoms with van der Waals surface area (Å²) in [6.07, 6.45) is 1.56. The molecule has 2 N–H and O–H groups in total. The van der Waals surface area contributed by atoms with E-state index in [1.807, 2.05) is 24.3 Å². The average molecular weight is 350 g/mol. The van der Waals surface area contributed by atoms with Gasteiger partial charge in [0, 0.05) is 22.5 Å². The zero-order valence-corrected chi connectivity index (χ0v) is 13.9. The van der Waals surface area contributed by atoms with E-state index in [-0.39, 0.29) is 6.61 Å². The molecule has 0 fully saturated rings. The highest BCUT2D eigenvalue weighted by Crippen LogP contribution is 2.36. The number of nitrogens with one attached hydrogen (secondary N) is 1. The summed E-state index contributed by atoms with van der Waals surface area (Å²) in [4.78, 5) is 9.63. The smallest absolute Gasteiger partial charge is 0.138 e. The molecule has 7 heteroatoms. The van der Waals surface area contributed by atoms with Crippen LogP contribution in [0.1, 0.15) is 0 Å². The SMILES string of the molecule is OCCOCCNc1ncnc2scc(-c3ccc(Cl)cc3)c12.